The number of aromatic hydroxyl groups is 4. The molecule has 38 heavy (non-hydrogen) atoms. The Morgan fingerprint density at radius 3 is 2.29 bits per heavy atom. The third kappa shape index (κ3) is 5.21. The maximum absolute atomic E-state index is 12.5. The number of phenolic OH excluding ortho intramolecular Hbond substituents is 3. The van der Waals surface area contributed by atoms with Crippen LogP contribution in [-0.2, 0) is 9.59 Å². The Balaban J connectivity index is 1.55. The summed E-state index contributed by atoms with van der Waals surface area (Å²) in [4.78, 5) is 36.0. The standard InChI is InChI=1S/C27H20O11/c1-13(28)36-20-6-3-14(9-21(20)35-2)4-8-23(32)37-19-7-5-15(10-17(19)30)27-26(34)25(33)24-18(31)11-16(29)12-22(24)38-27/h3-12,29-31,34H,1-2H3/b8-4+. The van der Waals surface area contributed by atoms with E-state index in [1.165, 1.54) is 44.4 Å². The summed E-state index contributed by atoms with van der Waals surface area (Å²) in [5.41, 5.74) is -0.556. The zero-order valence-corrected chi connectivity index (χ0v) is 19.9. The van der Waals surface area contributed by atoms with Crippen LogP contribution in [0.1, 0.15) is 12.5 Å². The van der Waals surface area contributed by atoms with Crippen LogP contribution in [0.2, 0.25) is 0 Å². The molecule has 0 unspecified atom stereocenters. The van der Waals surface area contributed by atoms with Crippen LogP contribution in [0.3, 0.4) is 0 Å². The molecule has 11 nitrogen and oxygen atoms in total. The van der Waals surface area contributed by atoms with Crippen molar-refractivity contribution in [1.82, 2.24) is 0 Å². The maximum Gasteiger partial charge on any atom is 0.336 e. The number of rotatable bonds is 6. The Morgan fingerprint density at radius 2 is 1.61 bits per heavy atom. The summed E-state index contributed by atoms with van der Waals surface area (Å²) < 4.78 is 20.8. The lowest BCUT2D eigenvalue weighted by Gasteiger charge is -2.10. The summed E-state index contributed by atoms with van der Waals surface area (Å²) >= 11 is 0. The molecule has 194 valence electrons. The third-order valence-corrected chi connectivity index (χ3v) is 5.22. The SMILES string of the molecule is COc1cc(/C=C/C(=O)Oc2ccc(-c3oc4cc(O)cc(O)c4c(=O)c3O)cc2O)ccc1OC(C)=O. The highest BCUT2D eigenvalue weighted by Gasteiger charge is 2.20. The first-order valence-corrected chi connectivity index (χ1v) is 10.9. The van der Waals surface area contributed by atoms with Crippen LogP contribution in [0.15, 0.2) is 63.8 Å². The van der Waals surface area contributed by atoms with Gasteiger partial charge in [-0.25, -0.2) is 4.79 Å². The molecule has 4 aromatic rings. The number of carbonyl (C=O) groups is 2. The predicted octanol–water partition coefficient (Wildman–Crippen LogP) is 3.84. The lowest BCUT2D eigenvalue weighted by Crippen LogP contribution is -2.05. The van der Waals surface area contributed by atoms with Crippen LogP contribution in [0.25, 0.3) is 28.4 Å². The molecule has 11 heteroatoms. The largest absolute Gasteiger partial charge is 0.508 e. The number of hydrogen-bond donors (Lipinski definition) is 4. The minimum atomic E-state index is -0.948. The van der Waals surface area contributed by atoms with Gasteiger partial charge in [0.15, 0.2) is 28.8 Å². The molecule has 4 N–H and O–H groups in total. The van der Waals surface area contributed by atoms with Gasteiger partial charge >= 0.3 is 11.9 Å². The smallest absolute Gasteiger partial charge is 0.336 e. The highest BCUT2D eigenvalue weighted by Crippen LogP contribution is 2.38. The Labute approximate surface area is 214 Å². The fraction of sp³-hybridized carbons (Fsp3) is 0.0741. The van der Waals surface area contributed by atoms with Gasteiger partial charge in [-0.15, -0.1) is 0 Å². The average molecular weight is 520 g/mol. The lowest BCUT2D eigenvalue weighted by molar-refractivity contribution is -0.132. The summed E-state index contributed by atoms with van der Waals surface area (Å²) in [5.74, 6) is -3.70. The van der Waals surface area contributed by atoms with E-state index in [0.29, 0.717) is 5.56 Å². The van der Waals surface area contributed by atoms with Crippen molar-refractivity contribution in [3.63, 3.8) is 0 Å². The van der Waals surface area contributed by atoms with Crippen molar-refractivity contribution in [3.05, 3.63) is 70.4 Å². The number of hydrogen-bond acceptors (Lipinski definition) is 11. The van der Waals surface area contributed by atoms with E-state index in [1.807, 2.05) is 0 Å². The van der Waals surface area contributed by atoms with Gasteiger partial charge in [0.2, 0.25) is 11.2 Å². The van der Waals surface area contributed by atoms with Gasteiger partial charge in [-0.05, 0) is 42.0 Å². The van der Waals surface area contributed by atoms with Gasteiger partial charge < -0.3 is 39.1 Å². The zero-order chi connectivity index (χ0) is 27.6. The van der Waals surface area contributed by atoms with Crippen LogP contribution in [0.4, 0.5) is 0 Å². The van der Waals surface area contributed by atoms with Gasteiger partial charge in [-0.2, -0.15) is 0 Å². The Morgan fingerprint density at radius 1 is 0.868 bits per heavy atom. The molecule has 0 aliphatic carbocycles. The Kier molecular flexibility index (Phi) is 6.93. The number of carbonyl (C=O) groups excluding carboxylic acids is 2. The average Bonchev–Trinajstić information content (AvgIpc) is 2.86. The quantitative estimate of drug-likeness (QED) is 0.165. The van der Waals surface area contributed by atoms with Gasteiger partial charge in [0.1, 0.15) is 22.5 Å². The minimum Gasteiger partial charge on any atom is -0.508 e. The molecular weight excluding hydrogens is 500 g/mol. The fourth-order valence-corrected chi connectivity index (χ4v) is 3.55. The molecule has 0 aliphatic heterocycles. The molecule has 4 rings (SSSR count). The molecule has 0 spiro atoms. The third-order valence-electron chi connectivity index (χ3n) is 5.22. The summed E-state index contributed by atoms with van der Waals surface area (Å²) in [5, 5.41) is 40.0. The van der Waals surface area contributed by atoms with Crippen LogP contribution in [-0.4, -0.2) is 39.5 Å². The van der Waals surface area contributed by atoms with Crippen LogP contribution in [0.5, 0.6) is 40.2 Å². The molecule has 0 radical (unpaired) electrons. The first-order valence-electron chi connectivity index (χ1n) is 10.9. The van der Waals surface area contributed by atoms with Gasteiger partial charge in [0.05, 0.1) is 7.11 Å². The molecule has 1 heterocycles. The molecular formula is C27H20O11. The van der Waals surface area contributed by atoms with Gasteiger partial charge in [-0.3, -0.25) is 9.59 Å². The number of fused-ring (bicyclic) bond motifs is 1. The van der Waals surface area contributed by atoms with E-state index in [0.717, 1.165) is 24.3 Å². The normalized spacial score (nSPS) is 11.0. The van der Waals surface area contributed by atoms with Crippen molar-refractivity contribution < 1.29 is 48.6 Å². The van der Waals surface area contributed by atoms with E-state index in [-0.39, 0.29) is 45.3 Å². The summed E-state index contributed by atoms with van der Waals surface area (Å²) in [7, 11) is 1.40. The van der Waals surface area contributed by atoms with Crippen molar-refractivity contribution in [2.45, 2.75) is 6.92 Å². The predicted molar refractivity (Wildman–Crippen MR) is 134 cm³/mol. The second-order valence-electron chi connectivity index (χ2n) is 7.89. The molecule has 3 aromatic carbocycles. The monoisotopic (exact) mass is 520 g/mol. The van der Waals surface area contributed by atoms with Crippen molar-refractivity contribution in [3.8, 4) is 51.6 Å². The van der Waals surface area contributed by atoms with Crippen LogP contribution >= 0.6 is 0 Å². The summed E-state index contributed by atoms with van der Waals surface area (Å²) in [6.07, 6.45) is 2.52. The van der Waals surface area contributed by atoms with Crippen LogP contribution in [0, 0.1) is 0 Å². The molecule has 1 aromatic heterocycles. The molecule has 0 saturated heterocycles. The highest BCUT2D eigenvalue weighted by atomic mass is 16.6. The number of benzene rings is 3. The van der Waals surface area contributed by atoms with Crippen LogP contribution < -0.4 is 19.6 Å². The Bertz CT molecular complexity index is 1660. The van der Waals surface area contributed by atoms with E-state index in [4.69, 9.17) is 18.6 Å². The second-order valence-corrected chi connectivity index (χ2v) is 7.89. The first-order chi connectivity index (χ1) is 18.1. The second kappa shape index (κ2) is 10.3. The number of ether oxygens (including phenoxy) is 3. The van der Waals surface area contributed by atoms with E-state index in [9.17, 15) is 34.8 Å². The first kappa shape index (κ1) is 25.6. The number of esters is 2. The van der Waals surface area contributed by atoms with Crippen molar-refractivity contribution >= 4 is 29.0 Å². The molecule has 0 aliphatic rings. The molecule has 0 saturated carbocycles. The number of phenols is 3. The van der Waals surface area contributed by atoms with Crippen molar-refractivity contribution in [2.75, 3.05) is 7.11 Å². The zero-order valence-electron chi connectivity index (χ0n) is 19.9. The van der Waals surface area contributed by atoms with Gasteiger partial charge in [-0.1, -0.05) is 6.07 Å². The maximum atomic E-state index is 12.5. The summed E-state index contributed by atoms with van der Waals surface area (Å²) in [6.45, 7) is 1.25. The topological polar surface area (TPSA) is 173 Å². The van der Waals surface area contributed by atoms with E-state index in [2.05, 4.69) is 0 Å². The Hall–Kier alpha value is -5.45. The van der Waals surface area contributed by atoms with Gasteiger partial charge in [0, 0.05) is 30.7 Å². The molecule has 0 atom stereocenters. The van der Waals surface area contributed by atoms with Crippen molar-refractivity contribution in [1.29, 1.82) is 0 Å². The summed E-state index contributed by atoms with van der Waals surface area (Å²) in [6, 6.07) is 10.3. The highest BCUT2D eigenvalue weighted by molar-refractivity contribution is 5.90. The van der Waals surface area contributed by atoms with E-state index >= 15 is 0 Å². The van der Waals surface area contributed by atoms with E-state index in [1.54, 1.807) is 6.07 Å². The number of methoxy groups -OCH3 is 1. The van der Waals surface area contributed by atoms with Crippen molar-refractivity contribution in [2.24, 2.45) is 0 Å². The minimum absolute atomic E-state index is 0.0529. The molecule has 0 bridgehead atoms. The molecule has 0 fully saturated rings. The van der Waals surface area contributed by atoms with Gasteiger partial charge in [0.25, 0.3) is 0 Å². The molecule has 0 amide bonds. The fourth-order valence-electron chi connectivity index (χ4n) is 3.55. The lowest BCUT2D eigenvalue weighted by atomic mass is 10.1. The van der Waals surface area contributed by atoms with E-state index < -0.39 is 34.6 Å².